The second-order valence-corrected chi connectivity index (χ2v) is 8.38. The van der Waals surface area contributed by atoms with Crippen LogP contribution in [0.1, 0.15) is 117 Å². The molecule has 1 atom stereocenters. The minimum absolute atomic E-state index is 0.0988. The summed E-state index contributed by atoms with van der Waals surface area (Å²) < 4.78 is 10.2. The molecule has 1 unspecified atom stereocenters. The molecule has 0 saturated carbocycles. The highest BCUT2D eigenvalue weighted by Gasteiger charge is 2.42. The molecule has 0 spiro atoms. The number of aliphatic hydroxyl groups is 1. The molecule has 182 valence electrons. The van der Waals surface area contributed by atoms with Crippen LogP contribution in [0.3, 0.4) is 0 Å². The lowest BCUT2D eigenvalue weighted by Crippen LogP contribution is -2.44. The molecule has 0 radical (unpaired) electrons. The van der Waals surface area contributed by atoms with Crippen LogP contribution in [0.4, 0.5) is 0 Å². The summed E-state index contributed by atoms with van der Waals surface area (Å²) in [4.78, 5) is 35.4. The fourth-order valence-electron chi connectivity index (χ4n) is 3.35. The summed E-state index contributed by atoms with van der Waals surface area (Å²) >= 11 is 0. The molecule has 31 heavy (non-hydrogen) atoms. The maximum Gasteiger partial charge on any atom is 0.339 e. The first-order valence-electron chi connectivity index (χ1n) is 12.1. The number of carbonyl (C=O) groups is 3. The maximum absolute atomic E-state index is 12.3. The molecule has 0 rings (SSSR count). The molecule has 0 aromatic heterocycles. The van der Waals surface area contributed by atoms with Crippen molar-refractivity contribution in [1.29, 1.82) is 0 Å². The van der Waals surface area contributed by atoms with E-state index in [1.54, 1.807) is 0 Å². The van der Waals surface area contributed by atoms with E-state index in [-0.39, 0.29) is 13.2 Å². The minimum Gasteiger partial charge on any atom is -0.481 e. The van der Waals surface area contributed by atoms with Crippen molar-refractivity contribution in [3.63, 3.8) is 0 Å². The van der Waals surface area contributed by atoms with E-state index >= 15 is 0 Å². The van der Waals surface area contributed by atoms with E-state index in [1.165, 1.54) is 38.5 Å². The summed E-state index contributed by atoms with van der Waals surface area (Å²) in [6.45, 7) is 4.62. The quantitative estimate of drug-likeness (QED) is 0.186. The number of ether oxygens (including phenoxy) is 2. The van der Waals surface area contributed by atoms with Gasteiger partial charge in [-0.3, -0.25) is 9.59 Å². The van der Waals surface area contributed by atoms with Crippen molar-refractivity contribution >= 4 is 17.9 Å². The van der Waals surface area contributed by atoms with Gasteiger partial charge >= 0.3 is 17.9 Å². The summed E-state index contributed by atoms with van der Waals surface area (Å²) in [5, 5.41) is 19.5. The zero-order valence-electron chi connectivity index (χ0n) is 19.7. The summed E-state index contributed by atoms with van der Waals surface area (Å²) in [5.74, 6) is -3.24. The van der Waals surface area contributed by atoms with Crippen LogP contribution in [0.2, 0.25) is 0 Å². The van der Waals surface area contributed by atoms with Crippen LogP contribution in [-0.2, 0) is 23.9 Å². The molecule has 0 aromatic rings. The molecule has 0 amide bonds. The Morgan fingerprint density at radius 3 is 1.52 bits per heavy atom. The Balaban J connectivity index is 4.21. The van der Waals surface area contributed by atoms with Gasteiger partial charge in [0.2, 0.25) is 0 Å². The molecule has 0 aliphatic carbocycles. The normalized spacial score (nSPS) is 12.9. The highest BCUT2D eigenvalue weighted by molar-refractivity contribution is 5.89. The van der Waals surface area contributed by atoms with E-state index in [2.05, 4.69) is 13.8 Å². The largest absolute Gasteiger partial charge is 0.481 e. The summed E-state index contributed by atoms with van der Waals surface area (Å²) in [6, 6.07) is 0. The van der Waals surface area contributed by atoms with Crippen LogP contribution < -0.4 is 0 Å². The third-order valence-electron chi connectivity index (χ3n) is 5.25. The predicted molar refractivity (Wildman–Crippen MR) is 120 cm³/mol. The molecule has 7 nitrogen and oxygen atoms in total. The summed E-state index contributed by atoms with van der Waals surface area (Å²) in [6.07, 6.45) is 13.2. The maximum atomic E-state index is 12.3. The number of carboxylic acid groups (broad SMARTS) is 1. The Hall–Kier alpha value is -1.63. The smallest absolute Gasteiger partial charge is 0.339 e. The van der Waals surface area contributed by atoms with Crippen LogP contribution in [0.15, 0.2) is 0 Å². The van der Waals surface area contributed by atoms with Crippen molar-refractivity contribution < 1.29 is 34.1 Å². The highest BCUT2D eigenvalue weighted by atomic mass is 16.6. The molecule has 0 fully saturated rings. The van der Waals surface area contributed by atoms with E-state index in [1.807, 2.05) is 0 Å². The number of unbranched alkanes of at least 4 members (excludes halogenated alkanes) is 12. The third-order valence-corrected chi connectivity index (χ3v) is 5.25. The van der Waals surface area contributed by atoms with E-state index < -0.39 is 36.4 Å². The van der Waals surface area contributed by atoms with Gasteiger partial charge < -0.3 is 19.7 Å². The highest BCUT2D eigenvalue weighted by Crippen LogP contribution is 2.20. The minimum atomic E-state index is -2.40. The number of hydrogen-bond acceptors (Lipinski definition) is 6. The molecule has 0 aliphatic rings. The van der Waals surface area contributed by atoms with Crippen LogP contribution in [0.5, 0.6) is 0 Å². The Morgan fingerprint density at radius 1 is 0.645 bits per heavy atom. The molecule has 0 saturated heterocycles. The van der Waals surface area contributed by atoms with Crippen molar-refractivity contribution in [2.75, 3.05) is 13.2 Å². The van der Waals surface area contributed by atoms with Gasteiger partial charge in [0.15, 0.2) is 5.60 Å². The number of carbonyl (C=O) groups excluding carboxylic acids is 2. The Morgan fingerprint density at radius 2 is 1.06 bits per heavy atom. The molecule has 0 bridgehead atoms. The van der Waals surface area contributed by atoms with Crippen molar-refractivity contribution in [3.05, 3.63) is 0 Å². The van der Waals surface area contributed by atoms with Gasteiger partial charge in [-0.05, 0) is 12.8 Å². The first-order chi connectivity index (χ1) is 14.9. The topological polar surface area (TPSA) is 110 Å². The third kappa shape index (κ3) is 16.7. The first-order valence-corrected chi connectivity index (χ1v) is 12.1. The number of hydrogen-bond donors (Lipinski definition) is 2. The van der Waals surface area contributed by atoms with Gasteiger partial charge in [0.25, 0.3) is 0 Å². The van der Waals surface area contributed by atoms with Gasteiger partial charge in [-0.15, -0.1) is 0 Å². The van der Waals surface area contributed by atoms with Crippen LogP contribution >= 0.6 is 0 Å². The van der Waals surface area contributed by atoms with Crippen LogP contribution in [0, 0.1) is 0 Å². The lowest BCUT2D eigenvalue weighted by atomic mass is 9.95. The van der Waals surface area contributed by atoms with Gasteiger partial charge in [0, 0.05) is 0 Å². The van der Waals surface area contributed by atoms with Crippen molar-refractivity contribution in [3.8, 4) is 0 Å². The van der Waals surface area contributed by atoms with Crippen molar-refractivity contribution in [1.82, 2.24) is 0 Å². The molecular weight excluding hydrogens is 400 g/mol. The molecule has 0 aromatic carbocycles. The van der Waals surface area contributed by atoms with Crippen LogP contribution in [-0.4, -0.2) is 46.9 Å². The van der Waals surface area contributed by atoms with E-state index in [0.29, 0.717) is 12.8 Å². The molecular formula is C24H44O7. The van der Waals surface area contributed by atoms with Gasteiger partial charge in [0.1, 0.15) is 0 Å². The fourth-order valence-corrected chi connectivity index (χ4v) is 3.35. The van der Waals surface area contributed by atoms with Crippen molar-refractivity contribution in [2.24, 2.45) is 0 Å². The SMILES string of the molecule is CCCCCCCCCOC(=O)CC(O)(CC(=O)O)C(=O)OCCCCCCCCC. The van der Waals surface area contributed by atoms with Crippen LogP contribution in [0.25, 0.3) is 0 Å². The van der Waals surface area contributed by atoms with Crippen molar-refractivity contribution in [2.45, 2.75) is 122 Å². The zero-order valence-corrected chi connectivity index (χ0v) is 19.7. The van der Waals surface area contributed by atoms with E-state index in [4.69, 9.17) is 14.6 Å². The number of carboxylic acids is 1. The Kier molecular flexibility index (Phi) is 18.1. The molecule has 2 N–H and O–H groups in total. The average Bonchev–Trinajstić information content (AvgIpc) is 2.71. The summed E-state index contributed by atoms with van der Waals surface area (Å²) in [7, 11) is 0. The number of aliphatic carboxylic acids is 1. The zero-order chi connectivity index (χ0) is 23.4. The lowest BCUT2D eigenvalue weighted by Gasteiger charge is -2.23. The fraction of sp³-hybridized carbons (Fsp3) is 0.875. The monoisotopic (exact) mass is 444 g/mol. The molecule has 0 aliphatic heterocycles. The Labute approximate surface area is 187 Å². The van der Waals surface area contributed by atoms with Gasteiger partial charge in [-0.25, -0.2) is 4.79 Å². The van der Waals surface area contributed by atoms with Gasteiger partial charge in [0.05, 0.1) is 26.1 Å². The molecule has 0 heterocycles. The first kappa shape index (κ1) is 29.4. The second-order valence-electron chi connectivity index (χ2n) is 8.38. The predicted octanol–water partition coefficient (Wildman–Crippen LogP) is 5.17. The standard InChI is InChI=1S/C24H44O7/c1-3-5-7-9-11-13-15-17-30-22(27)20-24(29,19-21(25)26)23(28)31-18-16-14-12-10-8-6-4-2/h29H,3-20H2,1-2H3,(H,25,26). The van der Waals surface area contributed by atoms with Gasteiger partial charge in [-0.2, -0.15) is 0 Å². The molecule has 7 heteroatoms. The number of esters is 2. The van der Waals surface area contributed by atoms with E-state index in [0.717, 1.165) is 38.5 Å². The van der Waals surface area contributed by atoms with E-state index in [9.17, 15) is 19.5 Å². The second kappa shape index (κ2) is 19.1. The average molecular weight is 445 g/mol. The lowest BCUT2D eigenvalue weighted by molar-refractivity contribution is -0.176. The number of rotatable bonds is 21. The Bertz CT molecular complexity index is 492. The summed E-state index contributed by atoms with van der Waals surface area (Å²) in [5.41, 5.74) is -2.40. The van der Waals surface area contributed by atoms with Gasteiger partial charge in [-0.1, -0.05) is 90.9 Å².